The Morgan fingerprint density at radius 3 is 2.60 bits per heavy atom. The minimum Gasteiger partial charge on any atom is -0.476 e. The first-order chi connectivity index (χ1) is 9.22. The van der Waals surface area contributed by atoms with Gasteiger partial charge >= 0.3 is 5.97 Å². The van der Waals surface area contributed by atoms with Gasteiger partial charge in [-0.3, -0.25) is 4.79 Å². The second-order valence-electron chi connectivity index (χ2n) is 4.05. The SMILES string of the molecule is CN(C)S(=O)(=O)CCNC(=O)Cn1cc(C(=O)O)nn1. The molecule has 1 aromatic heterocycles. The van der Waals surface area contributed by atoms with Crippen molar-refractivity contribution in [3.8, 4) is 0 Å². The van der Waals surface area contributed by atoms with Crippen LogP contribution in [0.1, 0.15) is 10.5 Å². The van der Waals surface area contributed by atoms with E-state index in [0.717, 1.165) is 15.2 Å². The number of sulfonamides is 1. The van der Waals surface area contributed by atoms with Crippen LogP contribution in [0, 0.1) is 0 Å². The molecule has 112 valence electrons. The van der Waals surface area contributed by atoms with Crippen LogP contribution in [0.2, 0.25) is 0 Å². The Morgan fingerprint density at radius 2 is 2.10 bits per heavy atom. The summed E-state index contributed by atoms with van der Waals surface area (Å²) in [7, 11) is -0.562. The fourth-order valence-electron chi connectivity index (χ4n) is 1.18. The van der Waals surface area contributed by atoms with E-state index in [1.54, 1.807) is 0 Å². The lowest BCUT2D eigenvalue weighted by molar-refractivity contribution is -0.121. The Kier molecular flexibility index (Phi) is 5.16. The predicted molar refractivity (Wildman–Crippen MR) is 67.5 cm³/mol. The highest BCUT2D eigenvalue weighted by atomic mass is 32.2. The van der Waals surface area contributed by atoms with Crippen LogP contribution in [0.3, 0.4) is 0 Å². The number of rotatable bonds is 7. The molecule has 1 heterocycles. The quantitative estimate of drug-likeness (QED) is 0.594. The molecule has 0 unspecified atom stereocenters. The van der Waals surface area contributed by atoms with Gasteiger partial charge in [0.1, 0.15) is 6.54 Å². The number of carboxylic acids is 1. The van der Waals surface area contributed by atoms with Gasteiger partial charge in [-0.25, -0.2) is 22.2 Å². The summed E-state index contributed by atoms with van der Waals surface area (Å²) in [6, 6.07) is 0. The number of carbonyl (C=O) groups excluding carboxylic acids is 1. The molecular weight excluding hydrogens is 290 g/mol. The van der Waals surface area contributed by atoms with E-state index in [-0.39, 0.29) is 24.5 Å². The number of nitrogens with zero attached hydrogens (tertiary/aromatic N) is 4. The normalized spacial score (nSPS) is 11.6. The number of hydrogen-bond acceptors (Lipinski definition) is 6. The highest BCUT2D eigenvalue weighted by molar-refractivity contribution is 7.89. The minimum absolute atomic E-state index is 0.0418. The molecule has 11 heteroatoms. The molecule has 0 atom stereocenters. The lowest BCUT2D eigenvalue weighted by Crippen LogP contribution is -2.35. The molecule has 2 N–H and O–H groups in total. The van der Waals surface area contributed by atoms with Gasteiger partial charge in [-0.2, -0.15) is 0 Å². The number of aromatic nitrogens is 3. The molecule has 0 aliphatic heterocycles. The minimum atomic E-state index is -3.37. The van der Waals surface area contributed by atoms with Crippen molar-refractivity contribution in [2.45, 2.75) is 6.54 Å². The Hall–Kier alpha value is -2.01. The van der Waals surface area contributed by atoms with Gasteiger partial charge < -0.3 is 10.4 Å². The number of nitrogens with one attached hydrogen (secondary N) is 1. The molecule has 1 aromatic rings. The molecule has 0 aliphatic carbocycles. The van der Waals surface area contributed by atoms with Crippen molar-refractivity contribution >= 4 is 21.9 Å². The maximum absolute atomic E-state index is 11.5. The lowest BCUT2D eigenvalue weighted by Gasteiger charge is -2.11. The Bertz CT molecular complexity index is 594. The fourth-order valence-corrected chi connectivity index (χ4v) is 1.90. The molecule has 20 heavy (non-hydrogen) atoms. The van der Waals surface area contributed by atoms with E-state index in [1.165, 1.54) is 14.1 Å². The predicted octanol–water partition coefficient (Wildman–Crippen LogP) is -2.02. The number of carbonyl (C=O) groups is 2. The van der Waals surface area contributed by atoms with E-state index in [1.807, 2.05) is 0 Å². The van der Waals surface area contributed by atoms with E-state index in [9.17, 15) is 18.0 Å². The smallest absolute Gasteiger partial charge is 0.358 e. The van der Waals surface area contributed by atoms with Gasteiger partial charge in [0.05, 0.1) is 11.9 Å². The highest BCUT2D eigenvalue weighted by Crippen LogP contribution is 1.94. The largest absolute Gasteiger partial charge is 0.476 e. The molecule has 10 nitrogen and oxygen atoms in total. The summed E-state index contributed by atoms with van der Waals surface area (Å²) in [5, 5.41) is 17.8. The summed E-state index contributed by atoms with van der Waals surface area (Å²) < 4.78 is 25.0. The third-order valence-electron chi connectivity index (χ3n) is 2.30. The topological polar surface area (TPSA) is 134 Å². The molecule has 0 spiro atoms. The third kappa shape index (κ3) is 4.59. The zero-order valence-electron chi connectivity index (χ0n) is 11.0. The van der Waals surface area contributed by atoms with Crippen LogP contribution in [0.15, 0.2) is 6.20 Å². The monoisotopic (exact) mass is 305 g/mol. The van der Waals surface area contributed by atoms with E-state index in [0.29, 0.717) is 0 Å². The van der Waals surface area contributed by atoms with Crippen LogP contribution in [0.25, 0.3) is 0 Å². The van der Waals surface area contributed by atoms with Gasteiger partial charge in [-0.15, -0.1) is 5.10 Å². The van der Waals surface area contributed by atoms with Crippen LogP contribution in [-0.2, 0) is 21.4 Å². The first-order valence-electron chi connectivity index (χ1n) is 5.52. The summed E-state index contributed by atoms with van der Waals surface area (Å²) in [5.74, 6) is -1.95. The Morgan fingerprint density at radius 1 is 1.45 bits per heavy atom. The van der Waals surface area contributed by atoms with E-state index < -0.39 is 21.9 Å². The first-order valence-corrected chi connectivity index (χ1v) is 7.13. The molecule has 0 radical (unpaired) electrons. The number of amides is 1. The Labute approximate surface area is 115 Å². The van der Waals surface area contributed by atoms with Gasteiger partial charge in [-0.1, -0.05) is 5.21 Å². The molecule has 0 fully saturated rings. The van der Waals surface area contributed by atoms with Crippen molar-refractivity contribution in [3.05, 3.63) is 11.9 Å². The number of carboxylic acid groups (broad SMARTS) is 1. The van der Waals surface area contributed by atoms with Crippen molar-refractivity contribution in [3.63, 3.8) is 0 Å². The molecule has 0 saturated heterocycles. The maximum atomic E-state index is 11.5. The van der Waals surface area contributed by atoms with Crippen molar-refractivity contribution in [2.24, 2.45) is 0 Å². The molecule has 0 aliphatic rings. The van der Waals surface area contributed by atoms with E-state index >= 15 is 0 Å². The summed E-state index contributed by atoms with van der Waals surface area (Å²) in [5.41, 5.74) is -0.270. The average molecular weight is 305 g/mol. The molecule has 0 saturated carbocycles. The van der Waals surface area contributed by atoms with Gasteiger partial charge in [0.2, 0.25) is 15.9 Å². The fraction of sp³-hybridized carbons (Fsp3) is 0.556. The first kappa shape index (κ1) is 16.0. The van der Waals surface area contributed by atoms with Crippen LogP contribution in [-0.4, -0.2) is 71.1 Å². The number of aromatic carboxylic acids is 1. The summed E-state index contributed by atoms with van der Waals surface area (Å²) in [4.78, 5) is 22.1. The molecule has 1 rings (SSSR count). The van der Waals surface area contributed by atoms with Crippen LogP contribution < -0.4 is 5.32 Å². The zero-order chi connectivity index (χ0) is 15.3. The van der Waals surface area contributed by atoms with Crippen LogP contribution in [0.5, 0.6) is 0 Å². The Balaban J connectivity index is 2.42. The molecule has 0 bridgehead atoms. The van der Waals surface area contributed by atoms with Crippen LogP contribution >= 0.6 is 0 Å². The van der Waals surface area contributed by atoms with Gasteiger partial charge in [0, 0.05) is 20.6 Å². The van der Waals surface area contributed by atoms with Gasteiger partial charge in [0.15, 0.2) is 5.69 Å². The zero-order valence-corrected chi connectivity index (χ0v) is 11.8. The van der Waals surface area contributed by atoms with Crippen molar-refractivity contribution < 1.29 is 23.1 Å². The van der Waals surface area contributed by atoms with E-state index in [4.69, 9.17) is 5.11 Å². The van der Waals surface area contributed by atoms with Gasteiger partial charge in [0.25, 0.3) is 0 Å². The lowest BCUT2D eigenvalue weighted by atomic mass is 10.5. The highest BCUT2D eigenvalue weighted by Gasteiger charge is 2.14. The molecular formula is C9H15N5O5S. The van der Waals surface area contributed by atoms with Gasteiger partial charge in [-0.05, 0) is 0 Å². The maximum Gasteiger partial charge on any atom is 0.358 e. The van der Waals surface area contributed by atoms with E-state index in [2.05, 4.69) is 15.6 Å². The van der Waals surface area contributed by atoms with Crippen LogP contribution in [0.4, 0.5) is 0 Å². The third-order valence-corrected chi connectivity index (χ3v) is 4.13. The van der Waals surface area contributed by atoms with Crippen molar-refractivity contribution in [1.82, 2.24) is 24.6 Å². The standard InChI is InChI=1S/C9H15N5O5S/c1-13(2)20(18,19)4-3-10-8(15)6-14-5-7(9(16)17)11-12-14/h5H,3-4,6H2,1-2H3,(H,10,15)(H,16,17). The molecule has 1 amide bonds. The summed E-state index contributed by atoms with van der Waals surface area (Å²) in [6.07, 6.45) is 1.11. The van der Waals surface area contributed by atoms with Crippen molar-refractivity contribution in [2.75, 3.05) is 26.4 Å². The van der Waals surface area contributed by atoms with Crippen molar-refractivity contribution in [1.29, 1.82) is 0 Å². The summed E-state index contributed by atoms with van der Waals surface area (Å²) in [6.45, 7) is -0.276. The molecule has 0 aromatic carbocycles. The summed E-state index contributed by atoms with van der Waals surface area (Å²) >= 11 is 0. The second-order valence-corrected chi connectivity index (χ2v) is 6.36. The number of hydrogen-bond donors (Lipinski definition) is 2. The second kappa shape index (κ2) is 6.43. The average Bonchev–Trinajstić information content (AvgIpc) is 2.77.